The van der Waals surface area contributed by atoms with Crippen LogP contribution in [-0.2, 0) is 16.0 Å². The van der Waals surface area contributed by atoms with E-state index in [1.807, 2.05) is 0 Å². The predicted octanol–water partition coefficient (Wildman–Crippen LogP) is 2.85. The van der Waals surface area contributed by atoms with Crippen LogP contribution in [0.2, 0.25) is 0 Å². The molecule has 0 aliphatic carbocycles. The molecule has 0 saturated carbocycles. The lowest BCUT2D eigenvalue weighted by atomic mass is 10.2. The number of nitrogens with zero attached hydrogens (tertiary/aromatic N) is 2. The average Bonchev–Trinajstić information content (AvgIpc) is 3.06. The van der Waals surface area contributed by atoms with Crippen LogP contribution in [0.1, 0.15) is 17.8 Å². The van der Waals surface area contributed by atoms with E-state index in [0.717, 1.165) is 16.7 Å². The van der Waals surface area contributed by atoms with Gasteiger partial charge in [0, 0.05) is 25.9 Å². The molecular formula is C23H19FN4O4S. The quantitative estimate of drug-likeness (QED) is 0.518. The highest BCUT2D eigenvalue weighted by Crippen LogP contribution is 2.31. The van der Waals surface area contributed by atoms with Crippen LogP contribution in [0, 0.1) is 5.82 Å². The molecule has 1 saturated heterocycles. The third-order valence-corrected chi connectivity index (χ3v) is 5.86. The molecule has 0 unspecified atom stereocenters. The first-order chi connectivity index (χ1) is 15.9. The molecule has 10 heteroatoms. The molecule has 8 nitrogen and oxygen atoms in total. The Labute approximate surface area is 191 Å². The largest absolute Gasteiger partial charge is 0.354 e. The fraction of sp³-hybridized carbons (Fsp3) is 0.174. The summed E-state index contributed by atoms with van der Waals surface area (Å²) in [4.78, 5) is 57.3. The molecule has 2 N–H and O–H groups in total. The second kappa shape index (κ2) is 9.78. The number of imide groups is 1. The SMILES string of the molecule is O=C(CCc1nc2ccccc2c(=O)[nH]1)NCCN1C(=O)S/C(=C\c2ccc(F)cc2)C1=O. The van der Waals surface area contributed by atoms with Crippen LogP contribution in [0.15, 0.2) is 58.2 Å². The molecule has 1 aromatic heterocycles. The fourth-order valence-corrected chi connectivity index (χ4v) is 4.15. The van der Waals surface area contributed by atoms with E-state index in [-0.39, 0.29) is 42.3 Å². The number of H-pyrrole nitrogens is 1. The summed E-state index contributed by atoms with van der Waals surface area (Å²) in [6.45, 7) is 0.130. The van der Waals surface area contributed by atoms with Crippen LogP contribution in [-0.4, -0.2) is 45.0 Å². The van der Waals surface area contributed by atoms with Crippen molar-refractivity contribution in [3.05, 3.63) is 81.0 Å². The lowest BCUT2D eigenvalue weighted by Gasteiger charge is -2.13. The third kappa shape index (κ3) is 5.35. The molecule has 1 aliphatic rings. The van der Waals surface area contributed by atoms with Gasteiger partial charge in [0.1, 0.15) is 11.6 Å². The number of rotatable bonds is 7. The molecule has 4 rings (SSSR count). The Morgan fingerprint density at radius 1 is 1.12 bits per heavy atom. The number of hydrogen-bond donors (Lipinski definition) is 2. The molecule has 168 valence electrons. The van der Waals surface area contributed by atoms with E-state index in [4.69, 9.17) is 0 Å². The first-order valence-corrected chi connectivity index (χ1v) is 11.0. The summed E-state index contributed by atoms with van der Waals surface area (Å²) >= 11 is 0.799. The van der Waals surface area contributed by atoms with Gasteiger partial charge in [-0.05, 0) is 47.7 Å². The molecule has 2 aromatic carbocycles. The zero-order valence-electron chi connectivity index (χ0n) is 17.3. The number of hydrogen-bond acceptors (Lipinski definition) is 6. The van der Waals surface area contributed by atoms with Crippen LogP contribution >= 0.6 is 11.8 Å². The van der Waals surface area contributed by atoms with Gasteiger partial charge in [-0.25, -0.2) is 9.37 Å². The van der Waals surface area contributed by atoms with Crippen molar-refractivity contribution in [1.29, 1.82) is 0 Å². The minimum Gasteiger partial charge on any atom is -0.354 e. The van der Waals surface area contributed by atoms with E-state index >= 15 is 0 Å². The number of carbonyl (C=O) groups is 3. The Kier molecular flexibility index (Phi) is 6.64. The Morgan fingerprint density at radius 2 is 1.88 bits per heavy atom. The number of nitrogens with one attached hydrogen (secondary N) is 2. The summed E-state index contributed by atoms with van der Waals surface area (Å²) in [5, 5.41) is 2.72. The van der Waals surface area contributed by atoms with E-state index in [9.17, 15) is 23.6 Å². The van der Waals surface area contributed by atoms with Crippen molar-refractivity contribution in [3.63, 3.8) is 0 Å². The Balaban J connectivity index is 1.28. The van der Waals surface area contributed by atoms with Crippen LogP contribution in [0.4, 0.5) is 9.18 Å². The summed E-state index contributed by atoms with van der Waals surface area (Å²) < 4.78 is 13.0. The maximum Gasteiger partial charge on any atom is 0.293 e. The molecule has 2 heterocycles. The van der Waals surface area contributed by atoms with Gasteiger partial charge in [0.05, 0.1) is 15.8 Å². The molecule has 0 radical (unpaired) electrons. The maximum atomic E-state index is 13.0. The number of para-hydroxylation sites is 1. The molecule has 0 spiro atoms. The highest BCUT2D eigenvalue weighted by molar-refractivity contribution is 8.18. The molecule has 0 bridgehead atoms. The van der Waals surface area contributed by atoms with Crippen molar-refractivity contribution in [3.8, 4) is 0 Å². The summed E-state index contributed by atoms with van der Waals surface area (Å²) in [5.41, 5.74) is 0.907. The topological polar surface area (TPSA) is 112 Å². The minimum absolute atomic E-state index is 0.0300. The van der Waals surface area contributed by atoms with Crippen molar-refractivity contribution in [1.82, 2.24) is 20.2 Å². The first-order valence-electron chi connectivity index (χ1n) is 10.2. The Morgan fingerprint density at radius 3 is 2.67 bits per heavy atom. The van der Waals surface area contributed by atoms with E-state index in [2.05, 4.69) is 15.3 Å². The van der Waals surface area contributed by atoms with E-state index in [0.29, 0.717) is 22.3 Å². The smallest absolute Gasteiger partial charge is 0.293 e. The van der Waals surface area contributed by atoms with Gasteiger partial charge in [-0.3, -0.25) is 24.1 Å². The van der Waals surface area contributed by atoms with Gasteiger partial charge >= 0.3 is 0 Å². The minimum atomic E-state index is -0.457. The summed E-state index contributed by atoms with van der Waals surface area (Å²) in [6.07, 6.45) is 1.86. The van der Waals surface area contributed by atoms with Crippen molar-refractivity contribution >= 4 is 45.8 Å². The number of halogens is 1. The third-order valence-electron chi connectivity index (χ3n) is 4.95. The molecule has 0 atom stereocenters. The fourth-order valence-electron chi connectivity index (χ4n) is 3.28. The van der Waals surface area contributed by atoms with Crippen molar-refractivity contribution < 1.29 is 18.8 Å². The summed E-state index contributed by atoms with van der Waals surface area (Å²) in [6, 6.07) is 12.5. The highest BCUT2D eigenvalue weighted by Gasteiger charge is 2.34. The van der Waals surface area contributed by atoms with Crippen LogP contribution in [0.3, 0.4) is 0 Å². The number of benzene rings is 2. The van der Waals surface area contributed by atoms with Crippen molar-refractivity contribution in [2.24, 2.45) is 0 Å². The number of aryl methyl sites for hydroxylation is 1. The van der Waals surface area contributed by atoms with Crippen LogP contribution in [0.25, 0.3) is 17.0 Å². The van der Waals surface area contributed by atoms with Gasteiger partial charge < -0.3 is 10.3 Å². The maximum absolute atomic E-state index is 13.0. The normalized spacial score (nSPS) is 14.9. The highest BCUT2D eigenvalue weighted by atomic mass is 32.2. The second-order valence-corrected chi connectivity index (χ2v) is 8.26. The molecule has 33 heavy (non-hydrogen) atoms. The zero-order chi connectivity index (χ0) is 23.4. The predicted molar refractivity (Wildman–Crippen MR) is 123 cm³/mol. The molecule has 3 amide bonds. The Bertz CT molecular complexity index is 1320. The van der Waals surface area contributed by atoms with Gasteiger partial charge in [-0.1, -0.05) is 24.3 Å². The number of aromatic nitrogens is 2. The van der Waals surface area contributed by atoms with Crippen molar-refractivity contribution in [2.75, 3.05) is 13.1 Å². The number of carbonyl (C=O) groups excluding carboxylic acids is 3. The monoisotopic (exact) mass is 466 g/mol. The lowest BCUT2D eigenvalue weighted by molar-refractivity contribution is -0.124. The van der Waals surface area contributed by atoms with E-state index in [1.54, 1.807) is 24.3 Å². The molecule has 1 fully saturated rings. The van der Waals surface area contributed by atoms with Gasteiger partial charge in [-0.15, -0.1) is 0 Å². The van der Waals surface area contributed by atoms with Gasteiger partial charge in [-0.2, -0.15) is 0 Å². The lowest BCUT2D eigenvalue weighted by Crippen LogP contribution is -2.37. The number of aromatic amines is 1. The van der Waals surface area contributed by atoms with Crippen LogP contribution in [0.5, 0.6) is 0 Å². The first kappa shape index (κ1) is 22.4. The van der Waals surface area contributed by atoms with Crippen molar-refractivity contribution in [2.45, 2.75) is 12.8 Å². The van der Waals surface area contributed by atoms with Gasteiger partial charge in [0.15, 0.2) is 0 Å². The summed E-state index contributed by atoms with van der Waals surface area (Å²) in [7, 11) is 0. The number of fused-ring (bicyclic) bond motifs is 1. The van der Waals surface area contributed by atoms with E-state index in [1.165, 1.54) is 30.3 Å². The summed E-state index contributed by atoms with van der Waals surface area (Å²) in [5.74, 6) is -0.731. The van der Waals surface area contributed by atoms with E-state index < -0.39 is 17.0 Å². The molecular weight excluding hydrogens is 447 g/mol. The standard InChI is InChI=1S/C23H19FN4O4S/c24-15-7-5-14(6-8-15)13-18-22(31)28(23(32)33-18)12-11-25-20(29)10-9-19-26-17-4-2-1-3-16(17)21(30)27-19/h1-8,13H,9-12H2,(H,25,29)(H,26,27,30)/b18-13-. The average molecular weight is 466 g/mol. The zero-order valence-corrected chi connectivity index (χ0v) is 18.2. The number of thioether (sulfide) groups is 1. The molecule has 3 aromatic rings. The van der Waals surface area contributed by atoms with Crippen LogP contribution < -0.4 is 10.9 Å². The second-order valence-electron chi connectivity index (χ2n) is 7.26. The molecule has 1 aliphatic heterocycles. The number of amides is 3. The van der Waals surface area contributed by atoms with Gasteiger partial charge in [0.2, 0.25) is 5.91 Å². The Hall–Kier alpha value is -3.79. The van der Waals surface area contributed by atoms with Gasteiger partial charge in [0.25, 0.3) is 16.7 Å².